The van der Waals surface area contributed by atoms with E-state index < -0.39 is 30.6 Å². The van der Waals surface area contributed by atoms with E-state index in [-0.39, 0.29) is 18.4 Å². The zero-order chi connectivity index (χ0) is 14.8. The topological polar surface area (TPSA) is 149 Å². The van der Waals surface area contributed by atoms with Crippen LogP contribution < -0.4 is 10.5 Å². The number of aromatic nitrogens is 4. The van der Waals surface area contributed by atoms with Gasteiger partial charge in [-0.2, -0.15) is 4.98 Å². The van der Waals surface area contributed by atoms with E-state index in [0.29, 0.717) is 11.2 Å². The monoisotopic (exact) mass is 295 g/mol. The van der Waals surface area contributed by atoms with Crippen LogP contribution in [-0.4, -0.2) is 66.4 Å². The first kappa shape index (κ1) is 12.7. The lowest BCUT2D eigenvalue weighted by Gasteiger charge is -2.26. The molecule has 10 heteroatoms. The van der Waals surface area contributed by atoms with Crippen molar-refractivity contribution in [2.24, 2.45) is 0 Å². The number of anilines is 1. The van der Waals surface area contributed by atoms with Crippen molar-refractivity contribution in [2.75, 3.05) is 18.9 Å². The molecule has 5 N–H and O–H groups in total. The third-order valence-corrected chi connectivity index (χ3v) is 3.93. The highest BCUT2D eigenvalue weighted by Gasteiger charge is 2.60. The SMILES string of the molecule is Nc1ncnc2c1nc1n2[C@]2(CO1)O[C@H](CO)[C@@H](O)[C@H]2O. The van der Waals surface area contributed by atoms with Gasteiger partial charge in [-0.25, -0.2) is 14.5 Å². The van der Waals surface area contributed by atoms with Crippen molar-refractivity contribution in [2.45, 2.75) is 24.0 Å². The summed E-state index contributed by atoms with van der Waals surface area (Å²) in [5.41, 5.74) is 5.01. The van der Waals surface area contributed by atoms with Crippen LogP contribution in [0.2, 0.25) is 0 Å². The molecule has 2 aliphatic rings. The summed E-state index contributed by atoms with van der Waals surface area (Å²) in [6.45, 7) is -0.483. The van der Waals surface area contributed by atoms with Crippen molar-refractivity contribution in [3.05, 3.63) is 6.33 Å². The van der Waals surface area contributed by atoms with Crippen molar-refractivity contribution in [3.8, 4) is 6.01 Å². The molecule has 0 amide bonds. The Morgan fingerprint density at radius 1 is 1.43 bits per heavy atom. The molecule has 4 atom stereocenters. The van der Waals surface area contributed by atoms with Gasteiger partial charge in [0.05, 0.1) is 6.61 Å². The highest BCUT2D eigenvalue weighted by molar-refractivity contribution is 5.83. The summed E-state index contributed by atoms with van der Waals surface area (Å²) in [5.74, 6) is 0.174. The number of fused-ring (bicyclic) bond motifs is 4. The normalized spacial score (nSPS) is 34.5. The highest BCUT2D eigenvalue weighted by atomic mass is 16.6. The summed E-state index contributed by atoms with van der Waals surface area (Å²) in [5, 5.41) is 29.6. The number of aliphatic hydroxyl groups excluding tert-OH is 3. The summed E-state index contributed by atoms with van der Waals surface area (Å²) in [6.07, 6.45) is -2.21. The van der Waals surface area contributed by atoms with Gasteiger partial charge in [-0.05, 0) is 0 Å². The molecule has 1 spiro atoms. The van der Waals surface area contributed by atoms with Crippen LogP contribution in [0.4, 0.5) is 5.82 Å². The fourth-order valence-corrected chi connectivity index (χ4v) is 2.88. The van der Waals surface area contributed by atoms with E-state index in [4.69, 9.17) is 15.2 Å². The number of nitrogens with zero attached hydrogens (tertiary/aromatic N) is 4. The molecule has 2 aliphatic heterocycles. The summed E-state index contributed by atoms with van der Waals surface area (Å²) < 4.78 is 12.5. The second kappa shape index (κ2) is 4.01. The average Bonchev–Trinajstić information content (AvgIpc) is 3.09. The van der Waals surface area contributed by atoms with Gasteiger partial charge in [0.2, 0.25) is 5.72 Å². The van der Waals surface area contributed by atoms with Crippen LogP contribution in [0.15, 0.2) is 6.33 Å². The van der Waals surface area contributed by atoms with Crippen molar-refractivity contribution in [1.29, 1.82) is 0 Å². The molecule has 0 aromatic carbocycles. The number of aliphatic hydroxyl groups is 3. The van der Waals surface area contributed by atoms with Crippen molar-refractivity contribution in [1.82, 2.24) is 19.5 Å². The summed E-state index contributed by atoms with van der Waals surface area (Å²) in [4.78, 5) is 12.1. The quantitative estimate of drug-likeness (QED) is 0.450. The zero-order valence-corrected chi connectivity index (χ0v) is 10.7. The Hall–Kier alpha value is -2.01. The maximum atomic E-state index is 10.4. The van der Waals surface area contributed by atoms with E-state index in [2.05, 4.69) is 15.0 Å². The molecule has 1 saturated heterocycles. The van der Waals surface area contributed by atoms with Crippen LogP contribution >= 0.6 is 0 Å². The minimum atomic E-state index is -1.39. The maximum Gasteiger partial charge on any atom is 0.301 e. The minimum Gasteiger partial charge on any atom is -0.459 e. The van der Waals surface area contributed by atoms with E-state index >= 15 is 0 Å². The largest absolute Gasteiger partial charge is 0.459 e. The smallest absolute Gasteiger partial charge is 0.301 e. The summed E-state index contributed by atoms with van der Waals surface area (Å²) >= 11 is 0. The van der Waals surface area contributed by atoms with Gasteiger partial charge in [0.1, 0.15) is 31.2 Å². The Morgan fingerprint density at radius 2 is 2.24 bits per heavy atom. The highest BCUT2D eigenvalue weighted by Crippen LogP contribution is 2.44. The molecule has 0 bridgehead atoms. The Morgan fingerprint density at radius 3 is 2.95 bits per heavy atom. The molecule has 0 radical (unpaired) electrons. The Balaban J connectivity index is 1.94. The fraction of sp³-hybridized carbons (Fsp3) is 0.545. The van der Waals surface area contributed by atoms with Gasteiger partial charge in [0, 0.05) is 0 Å². The molecule has 10 nitrogen and oxygen atoms in total. The Kier molecular flexibility index (Phi) is 2.43. The molecule has 4 rings (SSSR count). The van der Waals surface area contributed by atoms with Crippen molar-refractivity contribution in [3.63, 3.8) is 0 Å². The molecule has 1 fully saturated rings. The molecule has 112 valence electrons. The molecular formula is C11H13N5O5. The fourth-order valence-electron chi connectivity index (χ4n) is 2.88. The van der Waals surface area contributed by atoms with Gasteiger partial charge in [0.15, 0.2) is 17.0 Å². The van der Waals surface area contributed by atoms with Gasteiger partial charge in [-0.15, -0.1) is 0 Å². The number of hydrogen-bond acceptors (Lipinski definition) is 9. The molecule has 0 unspecified atom stereocenters. The first-order valence-electron chi connectivity index (χ1n) is 6.35. The van der Waals surface area contributed by atoms with Crippen molar-refractivity contribution < 1.29 is 24.8 Å². The van der Waals surface area contributed by atoms with Gasteiger partial charge in [-0.3, -0.25) is 0 Å². The van der Waals surface area contributed by atoms with E-state index in [1.807, 2.05) is 0 Å². The van der Waals surface area contributed by atoms with E-state index in [1.165, 1.54) is 10.9 Å². The predicted molar refractivity (Wildman–Crippen MR) is 67.2 cm³/mol. The van der Waals surface area contributed by atoms with Gasteiger partial charge in [0.25, 0.3) is 0 Å². The predicted octanol–water partition coefficient (Wildman–Crippen LogP) is -2.43. The third kappa shape index (κ3) is 1.42. The van der Waals surface area contributed by atoms with Crippen LogP contribution in [0.25, 0.3) is 11.2 Å². The number of imidazole rings is 1. The van der Waals surface area contributed by atoms with Gasteiger partial charge >= 0.3 is 6.01 Å². The molecule has 2 aromatic heterocycles. The van der Waals surface area contributed by atoms with Crippen LogP contribution in [0.5, 0.6) is 6.01 Å². The molecule has 0 saturated carbocycles. The Bertz CT molecular complexity index is 720. The summed E-state index contributed by atoms with van der Waals surface area (Å²) in [6, 6.07) is 0.169. The first-order chi connectivity index (χ1) is 10.1. The maximum absolute atomic E-state index is 10.4. The standard InChI is InChI=1S/C11H13N5O5/c12-8-5-9(14-3-13-8)16-10(15-5)20-2-11(16)7(19)6(18)4(1-17)21-11/h3-4,6-7,17-19H,1-2H2,(H2,12,13,14)/t4-,6-,7-,11-/m1/s1. The number of nitrogen functional groups attached to an aromatic ring is 1. The van der Waals surface area contributed by atoms with Crippen LogP contribution in [0.3, 0.4) is 0 Å². The van der Waals surface area contributed by atoms with Crippen molar-refractivity contribution >= 4 is 17.0 Å². The lowest BCUT2D eigenvalue weighted by atomic mass is 10.0. The number of rotatable bonds is 1. The molecule has 21 heavy (non-hydrogen) atoms. The first-order valence-corrected chi connectivity index (χ1v) is 6.35. The Labute approximate surface area is 117 Å². The lowest BCUT2D eigenvalue weighted by Crippen LogP contribution is -2.46. The molecule has 4 heterocycles. The van der Waals surface area contributed by atoms with E-state index in [0.717, 1.165) is 0 Å². The second-order valence-corrected chi connectivity index (χ2v) is 5.07. The molecule has 0 aliphatic carbocycles. The zero-order valence-electron chi connectivity index (χ0n) is 10.7. The van der Waals surface area contributed by atoms with E-state index in [9.17, 15) is 15.3 Å². The third-order valence-electron chi connectivity index (χ3n) is 3.93. The minimum absolute atomic E-state index is 0.0517. The molecule has 2 aromatic rings. The molecular weight excluding hydrogens is 282 g/mol. The number of ether oxygens (including phenoxy) is 2. The van der Waals surface area contributed by atoms with Gasteiger partial charge in [-0.1, -0.05) is 0 Å². The summed E-state index contributed by atoms with van der Waals surface area (Å²) in [7, 11) is 0. The lowest BCUT2D eigenvalue weighted by molar-refractivity contribution is -0.142. The van der Waals surface area contributed by atoms with Gasteiger partial charge < -0.3 is 30.5 Å². The number of nitrogens with two attached hydrogens (primary N) is 1. The average molecular weight is 295 g/mol. The van der Waals surface area contributed by atoms with Crippen LogP contribution in [0, 0.1) is 0 Å². The second-order valence-electron chi connectivity index (χ2n) is 5.07. The van der Waals surface area contributed by atoms with Crippen LogP contribution in [-0.2, 0) is 10.5 Å². The van der Waals surface area contributed by atoms with E-state index in [1.54, 1.807) is 0 Å². The van der Waals surface area contributed by atoms with Crippen LogP contribution in [0.1, 0.15) is 0 Å². The number of hydrogen-bond donors (Lipinski definition) is 4.